The molecule has 1 aromatic heterocycles. The van der Waals surface area contributed by atoms with Crippen molar-refractivity contribution in [2.45, 2.75) is 0 Å². The number of hydrogen-bond acceptors (Lipinski definition) is 6. The summed E-state index contributed by atoms with van der Waals surface area (Å²) in [7, 11) is 0. The van der Waals surface area contributed by atoms with Gasteiger partial charge in [0.1, 0.15) is 17.3 Å². The first kappa shape index (κ1) is 20.3. The number of para-hydroxylation sites is 1. The average Bonchev–Trinajstić information content (AvgIpc) is 3.27. The topological polar surface area (TPSA) is 76.6 Å². The smallest absolute Gasteiger partial charge is 0.270 e. The Labute approximate surface area is 184 Å². The summed E-state index contributed by atoms with van der Waals surface area (Å²) in [4.78, 5) is 24.6. The van der Waals surface area contributed by atoms with Gasteiger partial charge in [0, 0.05) is 23.8 Å². The Bertz CT molecular complexity index is 1240. The number of halogens is 2. The molecule has 30 heavy (non-hydrogen) atoms. The summed E-state index contributed by atoms with van der Waals surface area (Å²) in [6.07, 6.45) is 1.48. The predicted octanol–water partition coefficient (Wildman–Crippen LogP) is 6.05. The van der Waals surface area contributed by atoms with Gasteiger partial charge in [-0.05, 0) is 30.3 Å². The lowest BCUT2D eigenvalue weighted by molar-refractivity contribution is -0.384. The molecule has 2 heterocycles. The summed E-state index contributed by atoms with van der Waals surface area (Å²) in [5.74, 6) is -0.404. The fourth-order valence-electron chi connectivity index (χ4n) is 2.83. The number of thioether (sulfide) groups is 1. The van der Waals surface area contributed by atoms with E-state index in [-0.39, 0.29) is 25.6 Å². The van der Waals surface area contributed by atoms with Gasteiger partial charge in [0.2, 0.25) is 0 Å². The van der Waals surface area contributed by atoms with Gasteiger partial charge in [-0.25, -0.2) is 4.39 Å². The van der Waals surface area contributed by atoms with E-state index in [1.165, 1.54) is 42.5 Å². The van der Waals surface area contributed by atoms with Crippen LogP contribution in [0.5, 0.6) is 0 Å². The maximum Gasteiger partial charge on any atom is 0.270 e. The fourth-order valence-corrected chi connectivity index (χ4v) is 4.30. The Morgan fingerprint density at radius 3 is 2.70 bits per heavy atom. The minimum atomic E-state index is -0.560. The minimum Gasteiger partial charge on any atom is -0.457 e. The Hall–Kier alpha value is -3.01. The first-order valence-electron chi connectivity index (χ1n) is 8.42. The van der Waals surface area contributed by atoms with Crippen molar-refractivity contribution >= 4 is 63.3 Å². The summed E-state index contributed by atoms with van der Waals surface area (Å²) >= 11 is 12.4. The van der Waals surface area contributed by atoms with Crippen molar-refractivity contribution < 1.29 is 18.5 Å². The first-order valence-corrected chi connectivity index (χ1v) is 10.0. The van der Waals surface area contributed by atoms with Gasteiger partial charge in [-0.1, -0.05) is 47.7 Å². The number of non-ortho nitro benzene ring substituents is 1. The molecule has 0 spiro atoms. The monoisotopic (exact) mass is 460 g/mol. The molecule has 150 valence electrons. The van der Waals surface area contributed by atoms with Gasteiger partial charge in [0.15, 0.2) is 4.32 Å². The van der Waals surface area contributed by atoms with Gasteiger partial charge in [0.25, 0.3) is 11.6 Å². The lowest BCUT2D eigenvalue weighted by atomic mass is 10.1. The van der Waals surface area contributed by atoms with E-state index >= 15 is 0 Å². The van der Waals surface area contributed by atoms with Gasteiger partial charge in [-0.3, -0.25) is 19.8 Å². The highest BCUT2D eigenvalue weighted by Crippen LogP contribution is 2.38. The van der Waals surface area contributed by atoms with Crippen LogP contribution in [0.1, 0.15) is 5.76 Å². The molecule has 0 bridgehead atoms. The quantitative estimate of drug-likeness (QED) is 0.204. The Kier molecular flexibility index (Phi) is 5.42. The van der Waals surface area contributed by atoms with Crippen molar-refractivity contribution in [2.75, 3.05) is 4.90 Å². The number of anilines is 1. The number of carbonyl (C=O) groups is 1. The molecule has 0 N–H and O–H groups in total. The lowest BCUT2D eigenvalue weighted by Crippen LogP contribution is -2.28. The van der Waals surface area contributed by atoms with Gasteiger partial charge in [-0.15, -0.1) is 0 Å². The van der Waals surface area contributed by atoms with Crippen molar-refractivity contribution in [3.63, 3.8) is 0 Å². The number of furan rings is 1. The van der Waals surface area contributed by atoms with Gasteiger partial charge >= 0.3 is 0 Å². The third-order valence-corrected chi connectivity index (χ3v) is 5.85. The number of nitro groups is 1. The van der Waals surface area contributed by atoms with Crippen LogP contribution in [0.2, 0.25) is 5.02 Å². The second-order valence-electron chi connectivity index (χ2n) is 6.09. The molecule has 10 heteroatoms. The second-order valence-corrected chi connectivity index (χ2v) is 8.17. The standard InChI is InChI=1S/C20H10ClFN2O4S2/c21-14-7-5-11(24(26)27)9-13(14)17-8-6-12(28-17)10-18-19(25)23(20(29)30-18)16-4-2-1-3-15(16)22/h1-10H/b18-10+. The van der Waals surface area contributed by atoms with Crippen molar-refractivity contribution in [3.05, 3.63) is 86.2 Å². The van der Waals surface area contributed by atoms with Crippen LogP contribution in [-0.2, 0) is 4.79 Å². The van der Waals surface area contributed by atoms with Gasteiger partial charge < -0.3 is 4.42 Å². The maximum absolute atomic E-state index is 14.1. The molecular weight excluding hydrogens is 451 g/mol. The van der Waals surface area contributed by atoms with E-state index in [1.54, 1.807) is 18.2 Å². The molecule has 1 fully saturated rings. The summed E-state index contributed by atoms with van der Waals surface area (Å²) < 4.78 is 20.0. The number of thiocarbonyl (C=S) groups is 1. The van der Waals surface area contributed by atoms with Crippen LogP contribution in [0.25, 0.3) is 17.4 Å². The van der Waals surface area contributed by atoms with E-state index in [9.17, 15) is 19.3 Å². The average molecular weight is 461 g/mol. The van der Waals surface area contributed by atoms with Crippen LogP contribution in [-0.4, -0.2) is 15.2 Å². The number of hydrogen-bond donors (Lipinski definition) is 0. The zero-order valence-electron chi connectivity index (χ0n) is 14.9. The summed E-state index contributed by atoms with van der Waals surface area (Å²) in [5.41, 5.74) is 0.300. The lowest BCUT2D eigenvalue weighted by Gasteiger charge is -2.14. The van der Waals surface area contributed by atoms with Crippen LogP contribution < -0.4 is 4.90 Å². The Balaban J connectivity index is 1.65. The number of nitrogens with zero attached hydrogens (tertiary/aromatic N) is 2. The van der Waals surface area contributed by atoms with E-state index < -0.39 is 16.6 Å². The van der Waals surface area contributed by atoms with Gasteiger partial charge in [0.05, 0.1) is 20.5 Å². The number of rotatable bonds is 4. The van der Waals surface area contributed by atoms with Gasteiger partial charge in [-0.2, -0.15) is 0 Å². The number of carbonyl (C=O) groups excluding carboxylic acids is 1. The Morgan fingerprint density at radius 2 is 1.97 bits per heavy atom. The molecule has 0 atom stereocenters. The van der Waals surface area contributed by atoms with E-state index in [4.69, 9.17) is 28.2 Å². The fraction of sp³-hybridized carbons (Fsp3) is 0. The molecule has 2 aromatic carbocycles. The highest BCUT2D eigenvalue weighted by atomic mass is 35.5. The highest BCUT2D eigenvalue weighted by molar-refractivity contribution is 8.27. The molecule has 3 aromatic rings. The second kappa shape index (κ2) is 8.02. The summed E-state index contributed by atoms with van der Waals surface area (Å²) in [6, 6.07) is 13.1. The zero-order chi connectivity index (χ0) is 21.4. The minimum absolute atomic E-state index is 0.0758. The molecular formula is C20H10ClFN2O4S2. The van der Waals surface area contributed by atoms with Crippen molar-refractivity contribution in [2.24, 2.45) is 0 Å². The molecule has 4 rings (SSSR count). The number of benzene rings is 2. The van der Waals surface area contributed by atoms with Crippen molar-refractivity contribution in [3.8, 4) is 11.3 Å². The van der Waals surface area contributed by atoms with Crippen LogP contribution in [0.3, 0.4) is 0 Å². The molecule has 0 unspecified atom stereocenters. The molecule has 1 aliphatic heterocycles. The largest absolute Gasteiger partial charge is 0.457 e. The summed E-state index contributed by atoms with van der Waals surface area (Å²) in [6.45, 7) is 0. The Morgan fingerprint density at radius 1 is 1.20 bits per heavy atom. The van der Waals surface area contributed by atoms with E-state index in [0.29, 0.717) is 17.1 Å². The SMILES string of the molecule is O=C1/C(=C\c2ccc(-c3cc([N+](=O)[O-])ccc3Cl)o2)SC(=S)N1c1ccccc1F. The van der Waals surface area contributed by atoms with Crippen LogP contribution in [0.4, 0.5) is 15.8 Å². The maximum atomic E-state index is 14.1. The van der Waals surface area contributed by atoms with Crippen LogP contribution in [0, 0.1) is 15.9 Å². The van der Waals surface area contributed by atoms with Crippen molar-refractivity contribution in [1.82, 2.24) is 0 Å². The highest BCUT2D eigenvalue weighted by Gasteiger charge is 2.35. The normalized spacial score (nSPS) is 15.3. The molecule has 1 saturated heterocycles. The predicted molar refractivity (Wildman–Crippen MR) is 118 cm³/mol. The van der Waals surface area contributed by atoms with Crippen LogP contribution >= 0.6 is 35.6 Å². The molecule has 1 aliphatic rings. The first-order chi connectivity index (χ1) is 14.3. The van der Waals surface area contributed by atoms with Crippen molar-refractivity contribution in [1.29, 1.82) is 0 Å². The van der Waals surface area contributed by atoms with Crippen LogP contribution in [0.15, 0.2) is 63.9 Å². The third-order valence-electron chi connectivity index (χ3n) is 4.21. The van der Waals surface area contributed by atoms with E-state index in [2.05, 4.69) is 0 Å². The van der Waals surface area contributed by atoms with E-state index in [0.717, 1.165) is 16.7 Å². The number of amides is 1. The molecule has 0 aliphatic carbocycles. The summed E-state index contributed by atoms with van der Waals surface area (Å²) in [5, 5.41) is 11.3. The molecule has 6 nitrogen and oxygen atoms in total. The zero-order valence-corrected chi connectivity index (χ0v) is 17.3. The number of nitro benzene ring substituents is 1. The third kappa shape index (κ3) is 3.74. The molecule has 0 radical (unpaired) electrons. The molecule has 0 saturated carbocycles. The van der Waals surface area contributed by atoms with E-state index in [1.807, 2.05) is 0 Å². The molecule has 1 amide bonds.